The molecule has 0 atom stereocenters. The van der Waals surface area contributed by atoms with Gasteiger partial charge in [0.2, 0.25) is 0 Å². The number of nitrogens with zero attached hydrogens (tertiary/aromatic N) is 2. The third-order valence-corrected chi connectivity index (χ3v) is 4.92. The van der Waals surface area contributed by atoms with Gasteiger partial charge in [-0.05, 0) is 24.3 Å². The molecular weight excluding hydrogens is 394 g/mol. The Morgan fingerprint density at radius 3 is 2.86 bits per heavy atom. The van der Waals surface area contributed by atoms with Crippen LogP contribution in [0.2, 0.25) is 0 Å². The van der Waals surface area contributed by atoms with Crippen molar-refractivity contribution in [2.24, 2.45) is 0 Å². The van der Waals surface area contributed by atoms with E-state index in [0.29, 0.717) is 36.1 Å². The number of carbonyl (C=O) groups excluding carboxylic acids is 2. The SMILES string of the molecule is O=C(COC(=O)Cc1csc(-c2cccnc2)n1)Nc1ccc2c(c1)OCCO2. The van der Waals surface area contributed by atoms with Crippen molar-refractivity contribution in [2.45, 2.75) is 6.42 Å². The molecule has 4 rings (SSSR count). The van der Waals surface area contributed by atoms with Gasteiger partial charge in [-0.15, -0.1) is 11.3 Å². The summed E-state index contributed by atoms with van der Waals surface area (Å²) in [5.41, 5.74) is 2.01. The minimum Gasteiger partial charge on any atom is -0.486 e. The zero-order valence-corrected chi connectivity index (χ0v) is 16.1. The zero-order chi connectivity index (χ0) is 20.1. The van der Waals surface area contributed by atoms with Crippen LogP contribution in [0.4, 0.5) is 5.69 Å². The molecule has 0 saturated carbocycles. The summed E-state index contributed by atoms with van der Waals surface area (Å²) in [6, 6.07) is 8.81. The van der Waals surface area contributed by atoms with E-state index >= 15 is 0 Å². The van der Waals surface area contributed by atoms with Crippen molar-refractivity contribution in [3.8, 4) is 22.1 Å². The van der Waals surface area contributed by atoms with E-state index in [4.69, 9.17) is 14.2 Å². The predicted molar refractivity (Wildman–Crippen MR) is 106 cm³/mol. The highest BCUT2D eigenvalue weighted by molar-refractivity contribution is 7.13. The molecule has 0 saturated heterocycles. The number of pyridine rings is 1. The van der Waals surface area contributed by atoms with Gasteiger partial charge in [-0.1, -0.05) is 0 Å². The smallest absolute Gasteiger partial charge is 0.312 e. The lowest BCUT2D eigenvalue weighted by atomic mass is 10.2. The number of ether oxygens (including phenoxy) is 3. The first kappa shape index (κ1) is 18.9. The lowest BCUT2D eigenvalue weighted by Crippen LogP contribution is -2.22. The molecule has 0 bridgehead atoms. The number of amides is 1. The molecular formula is C20H17N3O5S. The number of anilines is 1. The van der Waals surface area contributed by atoms with Gasteiger partial charge in [0.25, 0.3) is 5.91 Å². The first-order valence-electron chi connectivity index (χ1n) is 8.87. The van der Waals surface area contributed by atoms with E-state index in [1.807, 2.05) is 12.1 Å². The number of carbonyl (C=O) groups is 2. The maximum absolute atomic E-state index is 12.0. The molecule has 1 aromatic carbocycles. The van der Waals surface area contributed by atoms with Gasteiger partial charge in [0.05, 0.1) is 12.1 Å². The minimum absolute atomic E-state index is 0.00589. The highest BCUT2D eigenvalue weighted by Crippen LogP contribution is 2.32. The summed E-state index contributed by atoms with van der Waals surface area (Å²) in [6.45, 7) is 0.575. The Morgan fingerprint density at radius 2 is 2.03 bits per heavy atom. The Hall–Kier alpha value is -3.46. The van der Waals surface area contributed by atoms with Crippen molar-refractivity contribution in [3.63, 3.8) is 0 Å². The lowest BCUT2D eigenvalue weighted by Gasteiger charge is -2.19. The molecule has 3 heterocycles. The summed E-state index contributed by atoms with van der Waals surface area (Å²) in [4.78, 5) is 32.5. The molecule has 1 aliphatic heterocycles. The summed E-state index contributed by atoms with van der Waals surface area (Å²) < 4.78 is 16.0. The van der Waals surface area contributed by atoms with Crippen molar-refractivity contribution in [1.82, 2.24) is 9.97 Å². The highest BCUT2D eigenvalue weighted by Gasteiger charge is 2.15. The van der Waals surface area contributed by atoms with Gasteiger partial charge in [-0.2, -0.15) is 0 Å². The molecule has 0 unspecified atom stereocenters. The second kappa shape index (κ2) is 8.70. The number of esters is 1. The van der Waals surface area contributed by atoms with Crippen LogP contribution in [0.5, 0.6) is 11.5 Å². The maximum atomic E-state index is 12.0. The number of fused-ring (bicyclic) bond motifs is 1. The first-order chi connectivity index (χ1) is 14.2. The average Bonchev–Trinajstić information content (AvgIpc) is 3.21. The Labute approximate surface area is 170 Å². The Bertz CT molecular complexity index is 1020. The van der Waals surface area contributed by atoms with Crippen LogP contribution in [-0.4, -0.2) is 41.7 Å². The second-order valence-electron chi connectivity index (χ2n) is 6.13. The fourth-order valence-electron chi connectivity index (χ4n) is 2.67. The first-order valence-corrected chi connectivity index (χ1v) is 9.75. The van der Waals surface area contributed by atoms with E-state index in [9.17, 15) is 9.59 Å². The van der Waals surface area contributed by atoms with E-state index in [1.54, 1.807) is 36.0 Å². The quantitative estimate of drug-likeness (QED) is 0.623. The molecule has 1 N–H and O–H groups in total. The number of benzene rings is 1. The van der Waals surface area contributed by atoms with Crippen LogP contribution in [-0.2, 0) is 20.7 Å². The number of hydrogen-bond acceptors (Lipinski definition) is 8. The lowest BCUT2D eigenvalue weighted by molar-refractivity contribution is -0.146. The molecule has 148 valence electrons. The Morgan fingerprint density at radius 1 is 1.17 bits per heavy atom. The monoisotopic (exact) mass is 411 g/mol. The Kier molecular flexibility index (Phi) is 5.66. The maximum Gasteiger partial charge on any atom is 0.312 e. The number of rotatable bonds is 6. The summed E-state index contributed by atoms with van der Waals surface area (Å²) in [5, 5.41) is 5.23. The fraction of sp³-hybridized carbons (Fsp3) is 0.200. The van der Waals surface area contributed by atoms with Gasteiger partial charge in [0.15, 0.2) is 18.1 Å². The second-order valence-corrected chi connectivity index (χ2v) is 6.99. The molecule has 29 heavy (non-hydrogen) atoms. The predicted octanol–water partition coefficient (Wildman–Crippen LogP) is 2.70. The average molecular weight is 411 g/mol. The van der Waals surface area contributed by atoms with Crippen LogP contribution in [0.1, 0.15) is 5.69 Å². The van der Waals surface area contributed by atoms with E-state index in [1.165, 1.54) is 11.3 Å². The molecule has 8 nitrogen and oxygen atoms in total. The van der Waals surface area contributed by atoms with Crippen LogP contribution in [0, 0.1) is 0 Å². The molecule has 3 aromatic rings. The van der Waals surface area contributed by atoms with Gasteiger partial charge in [-0.3, -0.25) is 14.6 Å². The molecule has 0 spiro atoms. The molecule has 1 aliphatic rings. The van der Waals surface area contributed by atoms with Gasteiger partial charge in [-0.25, -0.2) is 4.98 Å². The molecule has 9 heteroatoms. The highest BCUT2D eigenvalue weighted by atomic mass is 32.1. The van der Waals surface area contributed by atoms with Crippen molar-refractivity contribution >= 4 is 28.9 Å². The standard InChI is InChI=1S/C20H17N3O5S/c24-18(22-14-3-4-16-17(8-14)27-7-6-26-16)11-28-19(25)9-15-12-29-20(23-15)13-2-1-5-21-10-13/h1-5,8,10,12H,6-7,9,11H2,(H,22,24). The van der Waals surface area contributed by atoms with Gasteiger partial charge in [0.1, 0.15) is 18.2 Å². The van der Waals surface area contributed by atoms with Crippen molar-refractivity contribution in [1.29, 1.82) is 0 Å². The summed E-state index contributed by atoms with van der Waals surface area (Å²) in [6.07, 6.45) is 3.39. The van der Waals surface area contributed by atoms with Crippen LogP contribution < -0.4 is 14.8 Å². The van der Waals surface area contributed by atoms with Crippen molar-refractivity contribution < 1.29 is 23.8 Å². The van der Waals surface area contributed by atoms with Gasteiger partial charge < -0.3 is 19.5 Å². The summed E-state index contributed by atoms with van der Waals surface area (Å²) >= 11 is 1.42. The van der Waals surface area contributed by atoms with Crippen LogP contribution in [0.15, 0.2) is 48.1 Å². The zero-order valence-electron chi connectivity index (χ0n) is 15.3. The van der Waals surface area contributed by atoms with E-state index < -0.39 is 11.9 Å². The molecule has 0 aliphatic carbocycles. The van der Waals surface area contributed by atoms with Crippen LogP contribution >= 0.6 is 11.3 Å². The minimum atomic E-state index is -0.523. The fourth-order valence-corrected chi connectivity index (χ4v) is 3.48. The molecule has 1 amide bonds. The number of nitrogens with one attached hydrogen (secondary N) is 1. The van der Waals surface area contributed by atoms with Crippen molar-refractivity contribution in [3.05, 3.63) is 53.8 Å². The summed E-state index contributed by atoms with van der Waals surface area (Å²) in [7, 11) is 0. The summed E-state index contributed by atoms with van der Waals surface area (Å²) in [5.74, 6) is 0.239. The van der Waals surface area contributed by atoms with Crippen LogP contribution in [0.25, 0.3) is 10.6 Å². The number of hydrogen-bond donors (Lipinski definition) is 1. The van der Waals surface area contributed by atoms with E-state index in [2.05, 4.69) is 15.3 Å². The largest absolute Gasteiger partial charge is 0.486 e. The van der Waals surface area contributed by atoms with Gasteiger partial charge >= 0.3 is 5.97 Å². The molecule has 0 radical (unpaired) electrons. The third-order valence-electron chi connectivity index (χ3n) is 3.98. The molecule has 2 aromatic heterocycles. The number of thiazole rings is 1. The topological polar surface area (TPSA) is 99.6 Å². The third kappa shape index (κ3) is 4.88. The molecule has 0 fully saturated rings. The van der Waals surface area contributed by atoms with E-state index in [-0.39, 0.29) is 13.0 Å². The van der Waals surface area contributed by atoms with Crippen LogP contribution in [0.3, 0.4) is 0 Å². The van der Waals surface area contributed by atoms with E-state index in [0.717, 1.165) is 10.6 Å². The van der Waals surface area contributed by atoms with Gasteiger partial charge in [0, 0.05) is 35.1 Å². The normalized spacial score (nSPS) is 12.3. The van der Waals surface area contributed by atoms with Crippen molar-refractivity contribution in [2.75, 3.05) is 25.1 Å². The number of aromatic nitrogens is 2. The Balaban J connectivity index is 1.26.